The van der Waals surface area contributed by atoms with Crippen molar-refractivity contribution in [1.29, 1.82) is 0 Å². The first-order valence-electron chi connectivity index (χ1n) is 16.0. The van der Waals surface area contributed by atoms with Gasteiger partial charge in [0, 0.05) is 36.1 Å². The molecule has 0 unspecified atom stereocenters. The van der Waals surface area contributed by atoms with Crippen molar-refractivity contribution in [2.24, 2.45) is 0 Å². The normalized spacial score (nSPS) is 16.4. The highest BCUT2D eigenvalue weighted by Gasteiger charge is 2.30. The first kappa shape index (κ1) is 33.4. The first-order valence-corrected chi connectivity index (χ1v) is 17.5. The predicted molar refractivity (Wildman–Crippen MR) is 180 cm³/mol. The Morgan fingerprint density at radius 3 is 2.06 bits per heavy atom. The molecule has 4 aromatic carbocycles. The monoisotopic (exact) mass is 678 g/mol. The lowest BCUT2D eigenvalue weighted by Crippen LogP contribution is -2.46. The van der Waals surface area contributed by atoms with Gasteiger partial charge in [0.15, 0.2) is 5.75 Å². The number of nitrogens with one attached hydrogen (secondary N) is 2. The summed E-state index contributed by atoms with van der Waals surface area (Å²) in [6.45, 7) is 4.45. The van der Waals surface area contributed by atoms with E-state index in [9.17, 15) is 26.4 Å². The van der Waals surface area contributed by atoms with Gasteiger partial charge in [0.1, 0.15) is 5.75 Å². The van der Waals surface area contributed by atoms with Gasteiger partial charge in [0.05, 0.1) is 16.1 Å². The van der Waals surface area contributed by atoms with Gasteiger partial charge in [-0.05, 0) is 124 Å². The van der Waals surface area contributed by atoms with Crippen LogP contribution in [0, 0.1) is 0 Å². The van der Waals surface area contributed by atoms with E-state index in [2.05, 4.69) is 19.8 Å². The van der Waals surface area contributed by atoms with Gasteiger partial charge in [0.2, 0.25) is 0 Å². The van der Waals surface area contributed by atoms with Crippen molar-refractivity contribution < 1.29 is 31.1 Å². The number of likely N-dealkylation sites (tertiary alicyclic amines) is 1. The molecule has 0 aliphatic carbocycles. The fourth-order valence-corrected chi connectivity index (χ4v) is 7.27. The number of piperidine rings is 2. The van der Waals surface area contributed by atoms with Gasteiger partial charge in [-0.15, -0.1) is 0 Å². The molecular weight excluding hydrogens is 641 g/mol. The highest BCUT2D eigenvalue weighted by atomic mass is 32.2. The number of alkyl halides is 3. The van der Waals surface area contributed by atoms with E-state index >= 15 is 0 Å². The SMILES string of the molecule is O=C(Nc1ccc(N2CCC(N3CCCCC3)CC2)cc1)c1ccc(S(=O)(=O)Nc2ccccc2Oc2ccc(C(F)(F)F)cc2)cc1. The summed E-state index contributed by atoms with van der Waals surface area (Å²) < 4.78 is 73.3. The van der Waals surface area contributed by atoms with E-state index in [0.29, 0.717) is 11.7 Å². The summed E-state index contributed by atoms with van der Waals surface area (Å²) >= 11 is 0. The lowest BCUT2D eigenvalue weighted by Gasteiger charge is -2.41. The van der Waals surface area contributed by atoms with Crippen LogP contribution < -0.4 is 19.7 Å². The molecule has 252 valence electrons. The van der Waals surface area contributed by atoms with Gasteiger partial charge in [0.25, 0.3) is 15.9 Å². The third-order valence-corrected chi connectivity index (χ3v) is 10.2. The zero-order valence-corrected chi connectivity index (χ0v) is 27.1. The minimum Gasteiger partial charge on any atom is -0.455 e. The summed E-state index contributed by atoms with van der Waals surface area (Å²) in [7, 11) is -4.10. The number of anilines is 3. The second kappa shape index (κ2) is 14.3. The zero-order chi connectivity index (χ0) is 33.7. The van der Waals surface area contributed by atoms with Crippen molar-refractivity contribution in [3.05, 3.63) is 108 Å². The Labute approximate surface area is 278 Å². The summed E-state index contributed by atoms with van der Waals surface area (Å²) in [5.41, 5.74) is 1.30. The molecule has 48 heavy (non-hydrogen) atoms. The van der Waals surface area contributed by atoms with Crippen LogP contribution in [0.2, 0.25) is 0 Å². The molecule has 6 rings (SSSR count). The van der Waals surface area contributed by atoms with Crippen molar-refractivity contribution in [2.75, 3.05) is 41.1 Å². The molecule has 12 heteroatoms. The average Bonchev–Trinajstić information content (AvgIpc) is 3.10. The van der Waals surface area contributed by atoms with Crippen molar-refractivity contribution in [3.63, 3.8) is 0 Å². The molecule has 2 aliphatic rings. The third kappa shape index (κ3) is 8.11. The van der Waals surface area contributed by atoms with Gasteiger partial charge < -0.3 is 19.9 Å². The molecule has 8 nitrogen and oxygen atoms in total. The van der Waals surface area contributed by atoms with Crippen LogP contribution in [0.4, 0.5) is 30.2 Å². The number of para-hydroxylation sites is 2. The fourth-order valence-electron chi connectivity index (χ4n) is 6.20. The Hall–Kier alpha value is -4.55. The number of rotatable bonds is 9. The molecule has 2 aliphatic heterocycles. The molecule has 2 saturated heterocycles. The minimum atomic E-state index is -4.49. The van der Waals surface area contributed by atoms with Crippen LogP contribution in [-0.4, -0.2) is 51.4 Å². The van der Waals surface area contributed by atoms with E-state index in [4.69, 9.17) is 4.74 Å². The van der Waals surface area contributed by atoms with Crippen LogP contribution in [0.1, 0.15) is 48.0 Å². The number of benzene rings is 4. The number of halogens is 3. The summed E-state index contributed by atoms with van der Waals surface area (Å²) in [5, 5.41) is 2.87. The van der Waals surface area contributed by atoms with Crippen LogP contribution in [0.5, 0.6) is 11.5 Å². The summed E-state index contributed by atoms with van der Waals surface area (Å²) in [5.74, 6) is -0.172. The maximum absolute atomic E-state index is 13.2. The molecule has 4 aromatic rings. The quantitative estimate of drug-likeness (QED) is 0.187. The lowest BCUT2D eigenvalue weighted by molar-refractivity contribution is -0.137. The van der Waals surface area contributed by atoms with Crippen molar-refractivity contribution >= 4 is 33.0 Å². The minimum absolute atomic E-state index is 0.0863. The van der Waals surface area contributed by atoms with Crippen LogP contribution in [0.25, 0.3) is 0 Å². The van der Waals surface area contributed by atoms with Gasteiger partial charge in [-0.3, -0.25) is 9.52 Å². The molecule has 2 N–H and O–H groups in total. The number of carbonyl (C=O) groups is 1. The smallest absolute Gasteiger partial charge is 0.416 e. The van der Waals surface area contributed by atoms with Crippen LogP contribution in [0.15, 0.2) is 102 Å². The number of nitrogens with zero attached hydrogens (tertiary/aromatic N) is 2. The summed E-state index contributed by atoms with van der Waals surface area (Å²) in [6, 6.07) is 24.2. The topological polar surface area (TPSA) is 91.0 Å². The van der Waals surface area contributed by atoms with Crippen molar-refractivity contribution in [2.45, 2.75) is 49.2 Å². The molecule has 1 amide bonds. The fraction of sp³-hybridized carbons (Fsp3) is 0.306. The lowest BCUT2D eigenvalue weighted by atomic mass is 9.99. The standard InChI is InChI=1S/C36H37F3N4O4S/c37-36(38,39)27-10-16-31(17-11-27)47-34-7-3-2-6-33(34)41-48(45,46)32-18-8-26(9-19-32)35(44)40-28-12-14-29(15-13-28)43-24-20-30(21-25-43)42-22-4-1-5-23-42/h2-3,6-19,30,41H,1,4-5,20-25H2,(H,40,44). The number of sulfonamides is 1. The second-order valence-corrected chi connectivity index (χ2v) is 13.7. The van der Waals surface area contributed by atoms with E-state index in [-0.39, 0.29) is 33.6 Å². The van der Waals surface area contributed by atoms with Crippen LogP contribution in [0.3, 0.4) is 0 Å². The van der Waals surface area contributed by atoms with Gasteiger partial charge in [-0.25, -0.2) is 8.42 Å². The van der Waals surface area contributed by atoms with Crippen molar-refractivity contribution in [1.82, 2.24) is 4.90 Å². The molecule has 0 spiro atoms. The number of carbonyl (C=O) groups excluding carboxylic acids is 1. The Morgan fingerprint density at radius 1 is 0.771 bits per heavy atom. The Balaban J connectivity index is 1.04. The average molecular weight is 679 g/mol. The highest BCUT2D eigenvalue weighted by molar-refractivity contribution is 7.92. The number of hydrogen-bond acceptors (Lipinski definition) is 6. The third-order valence-electron chi connectivity index (χ3n) is 8.83. The van der Waals surface area contributed by atoms with Crippen LogP contribution in [-0.2, 0) is 16.2 Å². The Morgan fingerprint density at radius 2 is 1.42 bits per heavy atom. The molecule has 2 heterocycles. The van der Waals surface area contributed by atoms with E-state index in [1.54, 1.807) is 12.1 Å². The van der Waals surface area contributed by atoms with Crippen molar-refractivity contribution in [3.8, 4) is 11.5 Å². The Bertz CT molecular complexity index is 1800. The molecule has 0 radical (unpaired) electrons. The first-order chi connectivity index (χ1) is 23.0. The van der Waals surface area contributed by atoms with E-state index < -0.39 is 21.8 Å². The van der Waals surface area contributed by atoms with Crippen LogP contribution >= 0.6 is 0 Å². The molecular formula is C36H37F3N4O4S. The largest absolute Gasteiger partial charge is 0.455 e. The Kier molecular flexibility index (Phi) is 9.93. The summed E-state index contributed by atoms with van der Waals surface area (Å²) in [6.07, 6.45) is 1.77. The predicted octanol–water partition coefficient (Wildman–Crippen LogP) is 8.01. The molecule has 2 fully saturated rings. The zero-order valence-electron chi connectivity index (χ0n) is 26.2. The number of hydrogen-bond donors (Lipinski definition) is 2. The molecule has 0 atom stereocenters. The van der Waals surface area contributed by atoms with E-state index in [1.807, 2.05) is 24.3 Å². The maximum Gasteiger partial charge on any atom is 0.416 e. The second-order valence-electron chi connectivity index (χ2n) is 12.1. The molecule has 0 bridgehead atoms. The molecule has 0 aromatic heterocycles. The van der Waals surface area contributed by atoms with E-state index in [0.717, 1.165) is 55.9 Å². The van der Waals surface area contributed by atoms with Gasteiger partial charge >= 0.3 is 6.18 Å². The number of ether oxygens (including phenoxy) is 1. The van der Waals surface area contributed by atoms with Gasteiger partial charge in [-0.2, -0.15) is 13.2 Å². The van der Waals surface area contributed by atoms with E-state index in [1.165, 1.54) is 68.8 Å². The highest BCUT2D eigenvalue weighted by Crippen LogP contribution is 2.34. The summed E-state index contributed by atoms with van der Waals surface area (Å²) in [4.78, 5) is 17.9. The number of amides is 1. The maximum atomic E-state index is 13.2. The molecule has 0 saturated carbocycles. The van der Waals surface area contributed by atoms with Gasteiger partial charge in [-0.1, -0.05) is 18.6 Å².